The minimum Gasteiger partial charge on any atom is -0.345 e. The molecule has 1 N–H and O–H groups in total. The number of aromatic nitrogens is 2. The van der Waals surface area contributed by atoms with Crippen LogP contribution in [0.1, 0.15) is 33.0 Å². The van der Waals surface area contributed by atoms with Gasteiger partial charge in [0.2, 0.25) is 0 Å². The molecule has 0 aliphatic carbocycles. The first kappa shape index (κ1) is 18.8. The summed E-state index contributed by atoms with van der Waals surface area (Å²) in [4.78, 5) is 18.1. The van der Waals surface area contributed by atoms with E-state index in [4.69, 9.17) is 0 Å². The summed E-state index contributed by atoms with van der Waals surface area (Å²) < 4.78 is 4.34. The molecule has 6 heteroatoms. The van der Waals surface area contributed by atoms with E-state index in [1.165, 1.54) is 11.1 Å². The molecular weight excluding hydrogens is 368 g/mol. The van der Waals surface area contributed by atoms with Gasteiger partial charge in [0.1, 0.15) is 5.69 Å². The molecule has 0 unspecified atom stereocenters. The zero-order valence-electron chi connectivity index (χ0n) is 16.2. The minimum absolute atomic E-state index is 0.0768. The molecule has 4 rings (SSSR count). The quantitative estimate of drug-likeness (QED) is 0.673. The number of nitrogens with one attached hydrogen (secondary N) is 1. The van der Waals surface area contributed by atoms with E-state index in [2.05, 4.69) is 45.8 Å². The fraction of sp³-hybridized carbons (Fsp3) is 0.273. The van der Waals surface area contributed by atoms with E-state index >= 15 is 0 Å². The predicted molar refractivity (Wildman–Crippen MR) is 112 cm³/mol. The molecule has 144 valence electrons. The Balaban J connectivity index is 1.44. The van der Waals surface area contributed by atoms with Crippen LogP contribution in [0.4, 0.5) is 0 Å². The maximum atomic E-state index is 12.7. The van der Waals surface area contributed by atoms with Crippen LogP contribution >= 0.6 is 11.9 Å². The van der Waals surface area contributed by atoms with Crippen molar-refractivity contribution < 1.29 is 4.79 Å². The summed E-state index contributed by atoms with van der Waals surface area (Å²) in [6.45, 7) is 4.43. The fourth-order valence-corrected chi connectivity index (χ4v) is 4.53. The van der Waals surface area contributed by atoms with Crippen LogP contribution in [-0.2, 0) is 26.6 Å². The van der Waals surface area contributed by atoms with Crippen molar-refractivity contribution in [3.05, 3.63) is 82.9 Å². The van der Waals surface area contributed by atoms with Gasteiger partial charge in [-0.3, -0.25) is 9.78 Å². The Morgan fingerprint density at radius 2 is 1.96 bits per heavy atom. The van der Waals surface area contributed by atoms with Crippen molar-refractivity contribution in [3.8, 4) is 0 Å². The number of rotatable bonds is 5. The van der Waals surface area contributed by atoms with E-state index in [-0.39, 0.29) is 5.91 Å². The number of carbonyl (C=O) groups is 1. The smallest absolute Gasteiger partial charge is 0.268 e. The van der Waals surface area contributed by atoms with Crippen LogP contribution in [0.5, 0.6) is 0 Å². The van der Waals surface area contributed by atoms with Gasteiger partial charge in [0.05, 0.1) is 12.2 Å². The lowest BCUT2D eigenvalue weighted by molar-refractivity contribution is 0.0942. The number of carbonyl (C=O) groups excluding carboxylic acids is 1. The molecule has 0 radical (unpaired) electrons. The molecule has 0 fully saturated rings. The van der Waals surface area contributed by atoms with Crippen molar-refractivity contribution in [1.29, 1.82) is 0 Å². The van der Waals surface area contributed by atoms with E-state index in [1.54, 1.807) is 18.1 Å². The third-order valence-corrected chi connectivity index (χ3v) is 6.38. The number of fused-ring (bicyclic) bond motifs is 1. The van der Waals surface area contributed by atoms with E-state index in [1.807, 2.05) is 35.9 Å². The maximum Gasteiger partial charge on any atom is 0.268 e. The first-order valence-corrected chi connectivity index (χ1v) is 10.2. The van der Waals surface area contributed by atoms with Crippen LogP contribution in [0.2, 0.25) is 0 Å². The minimum atomic E-state index is -0.0768. The van der Waals surface area contributed by atoms with Gasteiger partial charge in [-0.05, 0) is 54.6 Å². The largest absolute Gasteiger partial charge is 0.345 e. The van der Waals surface area contributed by atoms with Crippen LogP contribution in [-0.4, -0.2) is 26.3 Å². The molecule has 1 aliphatic rings. The average molecular weight is 393 g/mol. The first-order valence-electron chi connectivity index (χ1n) is 9.46. The van der Waals surface area contributed by atoms with Crippen LogP contribution in [0, 0.1) is 6.92 Å². The number of nitrogens with zero attached hydrogens (tertiary/aromatic N) is 3. The average Bonchev–Trinajstić information content (AvgIpc) is 3.01. The molecule has 3 heterocycles. The Morgan fingerprint density at radius 1 is 1.18 bits per heavy atom. The Bertz CT molecular complexity index is 983. The zero-order chi connectivity index (χ0) is 19.5. The summed E-state index contributed by atoms with van der Waals surface area (Å²) in [5.74, 6) is -0.0768. The molecule has 3 aromatic rings. The topological polar surface area (TPSA) is 50.2 Å². The Labute approximate surface area is 169 Å². The number of hydrogen-bond acceptors (Lipinski definition) is 4. The molecule has 1 aliphatic heterocycles. The number of amides is 1. The molecular formula is C22H24N4OS. The highest BCUT2D eigenvalue weighted by molar-refractivity contribution is 7.97. The third kappa shape index (κ3) is 3.98. The fourth-order valence-electron chi connectivity index (χ4n) is 3.43. The van der Waals surface area contributed by atoms with Crippen LogP contribution < -0.4 is 5.32 Å². The van der Waals surface area contributed by atoms with Gasteiger partial charge in [0.15, 0.2) is 0 Å². The second-order valence-corrected chi connectivity index (χ2v) is 8.15. The highest BCUT2D eigenvalue weighted by Crippen LogP contribution is 2.32. The maximum absolute atomic E-state index is 12.7. The van der Waals surface area contributed by atoms with Gasteiger partial charge in [-0.15, -0.1) is 0 Å². The molecule has 0 saturated carbocycles. The molecule has 0 spiro atoms. The van der Waals surface area contributed by atoms with Crippen molar-refractivity contribution in [2.75, 3.05) is 6.54 Å². The summed E-state index contributed by atoms with van der Waals surface area (Å²) in [5.41, 5.74) is 5.46. The SMILES string of the molecule is Cc1c(SN2CCc3ccccc3C2)cc(C(=O)NCc2ccccn2)n1C. The molecule has 1 amide bonds. The lowest BCUT2D eigenvalue weighted by Gasteiger charge is -2.27. The van der Waals surface area contributed by atoms with Gasteiger partial charge in [0, 0.05) is 36.9 Å². The van der Waals surface area contributed by atoms with Gasteiger partial charge in [0.25, 0.3) is 5.91 Å². The summed E-state index contributed by atoms with van der Waals surface area (Å²) >= 11 is 1.74. The van der Waals surface area contributed by atoms with Crippen LogP contribution in [0.15, 0.2) is 59.6 Å². The molecule has 1 aromatic carbocycles. The molecule has 2 aromatic heterocycles. The van der Waals surface area contributed by atoms with Crippen molar-refractivity contribution in [3.63, 3.8) is 0 Å². The van der Waals surface area contributed by atoms with Crippen molar-refractivity contribution in [2.24, 2.45) is 7.05 Å². The van der Waals surface area contributed by atoms with Crippen molar-refractivity contribution in [2.45, 2.75) is 31.3 Å². The summed E-state index contributed by atoms with van der Waals surface area (Å²) in [6.07, 6.45) is 2.80. The van der Waals surface area contributed by atoms with Gasteiger partial charge >= 0.3 is 0 Å². The number of pyridine rings is 1. The Kier molecular flexibility index (Phi) is 5.50. The van der Waals surface area contributed by atoms with Crippen molar-refractivity contribution in [1.82, 2.24) is 19.2 Å². The number of benzene rings is 1. The Hall–Kier alpha value is -2.57. The monoisotopic (exact) mass is 392 g/mol. The number of hydrogen-bond donors (Lipinski definition) is 1. The second-order valence-electron chi connectivity index (χ2n) is 7.02. The third-order valence-electron chi connectivity index (χ3n) is 5.20. The summed E-state index contributed by atoms with van der Waals surface area (Å²) in [7, 11) is 1.95. The predicted octanol–water partition coefficient (Wildman–Crippen LogP) is 3.72. The highest BCUT2D eigenvalue weighted by atomic mass is 32.2. The molecule has 5 nitrogen and oxygen atoms in total. The zero-order valence-corrected chi connectivity index (χ0v) is 17.0. The lowest BCUT2D eigenvalue weighted by Crippen LogP contribution is -2.25. The van der Waals surface area contributed by atoms with E-state index in [0.29, 0.717) is 12.2 Å². The van der Waals surface area contributed by atoms with E-state index in [9.17, 15) is 4.79 Å². The van der Waals surface area contributed by atoms with Crippen LogP contribution in [0.25, 0.3) is 0 Å². The Morgan fingerprint density at radius 3 is 2.75 bits per heavy atom. The first-order chi connectivity index (χ1) is 13.6. The summed E-state index contributed by atoms with van der Waals surface area (Å²) in [5, 5.41) is 2.97. The van der Waals surface area contributed by atoms with Gasteiger partial charge in [-0.25, -0.2) is 4.31 Å². The normalized spacial score (nSPS) is 13.9. The molecule has 0 bridgehead atoms. The van der Waals surface area contributed by atoms with E-state index in [0.717, 1.165) is 35.8 Å². The van der Waals surface area contributed by atoms with Gasteiger partial charge in [-0.1, -0.05) is 30.3 Å². The highest BCUT2D eigenvalue weighted by Gasteiger charge is 2.21. The van der Waals surface area contributed by atoms with Gasteiger partial charge in [-0.2, -0.15) is 0 Å². The second kappa shape index (κ2) is 8.20. The van der Waals surface area contributed by atoms with Crippen molar-refractivity contribution >= 4 is 17.9 Å². The lowest BCUT2D eigenvalue weighted by atomic mass is 10.0. The molecule has 0 atom stereocenters. The molecule has 0 saturated heterocycles. The van der Waals surface area contributed by atoms with E-state index < -0.39 is 0 Å². The summed E-state index contributed by atoms with van der Waals surface area (Å²) in [6, 6.07) is 16.3. The standard InChI is InChI=1S/C22H24N4OS/c1-16-21(28-26-12-10-17-7-3-4-8-18(17)15-26)13-20(25(16)2)22(27)24-14-19-9-5-6-11-23-19/h3-9,11,13H,10,12,14-15H2,1-2H3,(H,24,27). The van der Waals surface area contributed by atoms with Crippen LogP contribution in [0.3, 0.4) is 0 Å². The van der Waals surface area contributed by atoms with Gasteiger partial charge < -0.3 is 9.88 Å². The molecule has 28 heavy (non-hydrogen) atoms.